The van der Waals surface area contributed by atoms with Gasteiger partial charge in [0.2, 0.25) is 5.91 Å². The molecule has 33 heavy (non-hydrogen) atoms. The SMILES string of the molecule is CC[C@H](/C=C/[C@@H](C)[C@H]1CC[C@H]2[C@@H]3CC=C4C=C(NC(C)=O)CC[C@]4(C)[C@H]3CC[C@]12C)C(C)C. The Morgan fingerprint density at radius 1 is 1.12 bits per heavy atom. The first-order chi connectivity index (χ1) is 15.6. The van der Waals surface area contributed by atoms with E-state index in [1.807, 2.05) is 0 Å². The minimum Gasteiger partial charge on any atom is -0.330 e. The third-order valence-corrected chi connectivity index (χ3v) is 10.8. The molecule has 184 valence electrons. The number of hydrogen-bond acceptors (Lipinski definition) is 1. The first kappa shape index (κ1) is 24.8. The Balaban J connectivity index is 1.52. The van der Waals surface area contributed by atoms with E-state index in [0.29, 0.717) is 16.7 Å². The van der Waals surface area contributed by atoms with E-state index in [-0.39, 0.29) is 5.91 Å². The molecule has 0 aliphatic heterocycles. The van der Waals surface area contributed by atoms with Crippen molar-refractivity contribution in [2.24, 2.45) is 52.3 Å². The van der Waals surface area contributed by atoms with Crippen LogP contribution in [0.5, 0.6) is 0 Å². The predicted molar refractivity (Wildman–Crippen MR) is 139 cm³/mol. The number of amides is 1. The van der Waals surface area contributed by atoms with Crippen LogP contribution in [0.1, 0.15) is 99.8 Å². The normalized spacial score (nSPS) is 39.9. The zero-order chi connectivity index (χ0) is 24.0. The average molecular weight is 452 g/mol. The smallest absolute Gasteiger partial charge is 0.220 e. The van der Waals surface area contributed by atoms with Gasteiger partial charge in [-0.25, -0.2) is 0 Å². The highest BCUT2D eigenvalue weighted by molar-refractivity contribution is 5.75. The number of carbonyl (C=O) groups is 1. The Bertz CT molecular complexity index is 834. The number of nitrogens with one attached hydrogen (secondary N) is 1. The van der Waals surface area contributed by atoms with Gasteiger partial charge in [0, 0.05) is 12.6 Å². The lowest BCUT2D eigenvalue weighted by Crippen LogP contribution is -2.50. The maximum atomic E-state index is 11.6. The van der Waals surface area contributed by atoms with Gasteiger partial charge in [0.25, 0.3) is 0 Å². The van der Waals surface area contributed by atoms with E-state index in [9.17, 15) is 4.79 Å². The highest BCUT2D eigenvalue weighted by atomic mass is 16.1. The third-order valence-electron chi connectivity index (χ3n) is 10.8. The molecule has 1 amide bonds. The van der Waals surface area contributed by atoms with Gasteiger partial charge in [-0.1, -0.05) is 59.8 Å². The van der Waals surface area contributed by atoms with Gasteiger partial charge in [-0.15, -0.1) is 0 Å². The summed E-state index contributed by atoms with van der Waals surface area (Å²) in [5.41, 5.74) is 3.42. The van der Waals surface area contributed by atoms with Gasteiger partial charge in [-0.05, 0) is 115 Å². The van der Waals surface area contributed by atoms with Gasteiger partial charge in [0.05, 0.1) is 0 Å². The maximum Gasteiger partial charge on any atom is 0.220 e. The molecule has 0 unspecified atom stereocenters. The molecule has 2 fully saturated rings. The van der Waals surface area contributed by atoms with Gasteiger partial charge in [-0.3, -0.25) is 4.79 Å². The highest BCUT2D eigenvalue weighted by Crippen LogP contribution is 2.66. The second-order valence-electron chi connectivity index (χ2n) is 12.8. The highest BCUT2D eigenvalue weighted by Gasteiger charge is 2.58. The molecular formula is C31H49NO. The van der Waals surface area contributed by atoms with Crippen molar-refractivity contribution in [3.8, 4) is 0 Å². The lowest BCUT2D eigenvalue weighted by molar-refractivity contribution is -0.118. The molecule has 0 aromatic heterocycles. The van der Waals surface area contributed by atoms with Crippen LogP contribution >= 0.6 is 0 Å². The first-order valence-corrected chi connectivity index (χ1v) is 14.0. The van der Waals surface area contributed by atoms with Crippen molar-refractivity contribution < 1.29 is 4.79 Å². The Labute approximate surface area is 203 Å². The third kappa shape index (κ3) is 4.41. The molecule has 0 bridgehead atoms. The summed E-state index contributed by atoms with van der Waals surface area (Å²) < 4.78 is 0. The first-order valence-electron chi connectivity index (χ1n) is 14.0. The van der Waals surface area contributed by atoms with Crippen molar-refractivity contribution >= 4 is 5.91 Å². The molecule has 0 radical (unpaired) electrons. The maximum absolute atomic E-state index is 11.6. The zero-order valence-corrected chi connectivity index (χ0v) is 22.4. The minimum absolute atomic E-state index is 0.0615. The lowest BCUT2D eigenvalue weighted by atomic mass is 9.47. The Kier molecular flexibility index (Phi) is 7.05. The van der Waals surface area contributed by atoms with Crippen molar-refractivity contribution in [1.82, 2.24) is 5.32 Å². The summed E-state index contributed by atoms with van der Waals surface area (Å²) in [6.07, 6.45) is 20.3. The average Bonchev–Trinajstić information content (AvgIpc) is 3.11. The van der Waals surface area contributed by atoms with Crippen LogP contribution in [-0.4, -0.2) is 5.91 Å². The number of hydrogen-bond donors (Lipinski definition) is 1. The molecule has 4 rings (SSSR count). The van der Waals surface area contributed by atoms with Crippen LogP contribution in [0.2, 0.25) is 0 Å². The number of rotatable bonds is 6. The van der Waals surface area contributed by atoms with Crippen LogP contribution in [0.3, 0.4) is 0 Å². The standard InChI is InChI=1S/C31H49NO/c1-8-23(20(2)3)10-9-21(4)27-13-14-28-26-12-11-24-19-25(32-22(5)33)15-17-30(24,6)29(26)16-18-31(27,28)7/h9-11,19-21,23,26-29H,8,12-18H2,1-7H3,(H,32,33)/b10-9+/t21-,23-,26+,27-,28+,29+,30+,31-/m1/s1. The molecule has 8 atom stereocenters. The molecule has 0 spiro atoms. The van der Waals surface area contributed by atoms with Gasteiger partial charge in [0.15, 0.2) is 0 Å². The molecule has 4 aliphatic rings. The summed E-state index contributed by atoms with van der Waals surface area (Å²) in [6, 6.07) is 0. The van der Waals surface area contributed by atoms with Gasteiger partial charge >= 0.3 is 0 Å². The van der Waals surface area contributed by atoms with Crippen LogP contribution in [0.15, 0.2) is 35.6 Å². The molecule has 0 aromatic carbocycles. The second-order valence-corrected chi connectivity index (χ2v) is 12.8. The molecule has 4 aliphatic carbocycles. The van der Waals surface area contributed by atoms with Gasteiger partial charge in [0.1, 0.15) is 0 Å². The lowest BCUT2D eigenvalue weighted by Gasteiger charge is -2.57. The van der Waals surface area contributed by atoms with Crippen molar-refractivity contribution in [3.05, 3.63) is 35.6 Å². The molecule has 1 N–H and O–H groups in total. The monoisotopic (exact) mass is 451 g/mol. The van der Waals surface area contributed by atoms with Crippen molar-refractivity contribution in [2.45, 2.75) is 99.8 Å². The summed E-state index contributed by atoms with van der Waals surface area (Å²) in [7, 11) is 0. The summed E-state index contributed by atoms with van der Waals surface area (Å²) in [5.74, 6) is 5.56. The van der Waals surface area contributed by atoms with E-state index < -0.39 is 0 Å². The van der Waals surface area contributed by atoms with Crippen molar-refractivity contribution in [3.63, 3.8) is 0 Å². The van der Waals surface area contributed by atoms with Crippen molar-refractivity contribution in [2.75, 3.05) is 0 Å². The molecule has 0 heterocycles. The van der Waals surface area contributed by atoms with E-state index in [1.165, 1.54) is 50.5 Å². The summed E-state index contributed by atoms with van der Waals surface area (Å²) in [5, 5.41) is 3.07. The van der Waals surface area contributed by atoms with Crippen LogP contribution in [0.4, 0.5) is 0 Å². The largest absolute Gasteiger partial charge is 0.330 e. The zero-order valence-electron chi connectivity index (χ0n) is 22.4. The van der Waals surface area contributed by atoms with Crippen LogP contribution in [0, 0.1) is 52.3 Å². The fourth-order valence-corrected chi connectivity index (χ4v) is 8.84. The van der Waals surface area contributed by atoms with Crippen LogP contribution < -0.4 is 5.32 Å². The van der Waals surface area contributed by atoms with E-state index in [0.717, 1.165) is 47.6 Å². The summed E-state index contributed by atoms with van der Waals surface area (Å²) in [6.45, 7) is 16.4. The van der Waals surface area contributed by atoms with Gasteiger partial charge < -0.3 is 5.32 Å². The Morgan fingerprint density at radius 2 is 1.88 bits per heavy atom. The van der Waals surface area contributed by atoms with Crippen molar-refractivity contribution in [1.29, 1.82) is 0 Å². The summed E-state index contributed by atoms with van der Waals surface area (Å²) in [4.78, 5) is 11.6. The van der Waals surface area contributed by atoms with E-state index in [4.69, 9.17) is 0 Å². The van der Waals surface area contributed by atoms with E-state index >= 15 is 0 Å². The topological polar surface area (TPSA) is 29.1 Å². The molecule has 0 aromatic rings. The van der Waals surface area contributed by atoms with E-state index in [2.05, 4.69) is 71.2 Å². The molecule has 0 saturated heterocycles. The quantitative estimate of drug-likeness (QED) is 0.406. The Hall–Kier alpha value is -1.31. The second kappa shape index (κ2) is 9.38. The minimum atomic E-state index is 0.0615. The van der Waals surface area contributed by atoms with Crippen LogP contribution in [0.25, 0.3) is 0 Å². The molecule has 2 heteroatoms. The molecule has 2 saturated carbocycles. The van der Waals surface area contributed by atoms with Gasteiger partial charge in [-0.2, -0.15) is 0 Å². The Morgan fingerprint density at radius 3 is 2.55 bits per heavy atom. The van der Waals surface area contributed by atoms with E-state index in [1.54, 1.807) is 6.92 Å². The number of fused-ring (bicyclic) bond motifs is 5. The van der Waals surface area contributed by atoms with Crippen LogP contribution in [-0.2, 0) is 4.79 Å². The number of allylic oxidation sites excluding steroid dienone is 6. The number of carbonyl (C=O) groups excluding carboxylic acids is 1. The molecule has 2 nitrogen and oxygen atoms in total. The fourth-order valence-electron chi connectivity index (χ4n) is 8.84. The molecular weight excluding hydrogens is 402 g/mol. The summed E-state index contributed by atoms with van der Waals surface area (Å²) >= 11 is 0. The predicted octanol–water partition coefficient (Wildman–Crippen LogP) is 8.07. The fraction of sp³-hybridized carbons (Fsp3) is 0.774.